The highest BCUT2D eigenvalue weighted by molar-refractivity contribution is 7.92. The maximum atomic E-state index is 12.0. The molecule has 3 aromatic rings. The van der Waals surface area contributed by atoms with Gasteiger partial charge in [0.05, 0.1) is 15.9 Å². The van der Waals surface area contributed by atoms with E-state index in [-0.39, 0.29) is 28.2 Å². The van der Waals surface area contributed by atoms with Crippen LogP contribution in [0, 0.1) is 6.92 Å². The van der Waals surface area contributed by atoms with Crippen LogP contribution < -0.4 is 21.1 Å². The van der Waals surface area contributed by atoms with Crippen LogP contribution >= 0.6 is 0 Å². The number of nitrogens with one attached hydrogen (secondary N) is 3. The predicted molar refractivity (Wildman–Crippen MR) is 141 cm³/mol. The number of sulfone groups is 1. The summed E-state index contributed by atoms with van der Waals surface area (Å²) in [4.78, 5) is 20.8. The Balaban J connectivity index is 1.32. The number of aromatic nitrogens is 2. The van der Waals surface area contributed by atoms with Gasteiger partial charge in [-0.15, -0.1) is 0 Å². The fraction of sp³-hybridized carbons (Fsp3) is 0.292. The number of carbonyl (C=O) groups excluding carboxylic acids is 1. The van der Waals surface area contributed by atoms with Gasteiger partial charge in [-0.25, -0.2) is 27.0 Å². The van der Waals surface area contributed by atoms with Gasteiger partial charge in [0.25, 0.3) is 0 Å². The van der Waals surface area contributed by atoms with Gasteiger partial charge >= 0.3 is 0 Å². The lowest BCUT2D eigenvalue weighted by molar-refractivity contribution is -0.120. The molecule has 4 rings (SSSR count). The number of anilines is 4. The Bertz CT molecular complexity index is 1490. The largest absolute Gasteiger partial charge is 0.352 e. The lowest BCUT2D eigenvalue weighted by atomic mass is 10.2. The zero-order valence-electron chi connectivity index (χ0n) is 20.1. The van der Waals surface area contributed by atoms with Crippen molar-refractivity contribution in [3.8, 4) is 0 Å². The van der Waals surface area contributed by atoms with E-state index in [2.05, 4.69) is 25.9 Å². The molecule has 1 aliphatic rings. The standard InChI is InChI=1S/C24H28N6O5S2/c1-16-14-27-24(29-19-6-8-21(9-7-19)37(25,34)35)30-23(16)28-18-4-2-17(3-5-18)15-26-22(31)12-13-36(32,33)20-10-11-20/h2-9,14,20H,10-13,15H2,1H3,(H,26,31)(H2,25,34,35)(H2,27,28,29,30). The van der Waals surface area contributed by atoms with Crippen LogP contribution in [0.15, 0.2) is 59.6 Å². The van der Waals surface area contributed by atoms with E-state index in [9.17, 15) is 21.6 Å². The highest BCUT2D eigenvalue weighted by Gasteiger charge is 2.35. The van der Waals surface area contributed by atoms with Crippen molar-refractivity contribution in [2.75, 3.05) is 16.4 Å². The molecule has 1 saturated carbocycles. The van der Waals surface area contributed by atoms with Gasteiger partial charge in [-0.3, -0.25) is 4.79 Å². The Kier molecular flexibility index (Phi) is 7.76. The average molecular weight is 545 g/mol. The van der Waals surface area contributed by atoms with Crippen LogP contribution in [-0.4, -0.2) is 43.7 Å². The SMILES string of the molecule is Cc1cnc(Nc2ccc(S(N)(=O)=O)cc2)nc1Nc1ccc(CNC(=O)CCS(=O)(=O)C2CC2)cc1. The summed E-state index contributed by atoms with van der Waals surface area (Å²) in [5.41, 5.74) is 3.05. The van der Waals surface area contributed by atoms with E-state index in [1.807, 2.05) is 31.2 Å². The zero-order chi connectivity index (χ0) is 26.6. The van der Waals surface area contributed by atoms with Crippen molar-refractivity contribution in [3.05, 3.63) is 65.9 Å². The first kappa shape index (κ1) is 26.5. The maximum absolute atomic E-state index is 12.0. The number of hydrogen-bond donors (Lipinski definition) is 4. The lowest BCUT2D eigenvalue weighted by Gasteiger charge is -2.12. The van der Waals surface area contributed by atoms with E-state index in [0.717, 1.165) is 16.8 Å². The highest BCUT2D eigenvalue weighted by atomic mass is 32.2. The molecule has 0 atom stereocenters. The van der Waals surface area contributed by atoms with Crippen LogP contribution in [0.2, 0.25) is 0 Å². The number of benzene rings is 2. The molecule has 1 aliphatic carbocycles. The smallest absolute Gasteiger partial charge is 0.238 e. The third-order valence-corrected chi connectivity index (χ3v) is 8.95. The number of hydrogen-bond acceptors (Lipinski definition) is 9. The zero-order valence-corrected chi connectivity index (χ0v) is 21.8. The summed E-state index contributed by atoms with van der Waals surface area (Å²) in [6.45, 7) is 2.16. The van der Waals surface area contributed by atoms with Crippen LogP contribution in [0.1, 0.15) is 30.4 Å². The monoisotopic (exact) mass is 544 g/mol. The van der Waals surface area contributed by atoms with Crippen molar-refractivity contribution in [2.45, 2.75) is 42.9 Å². The lowest BCUT2D eigenvalue weighted by Crippen LogP contribution is -2.26. The molecule has 0 aliphatic heterocycles. The molecular weight excluding hydrogens is 516 g/mol. The van der Waals surface area contributed by atoms with E-state index in [0.29, 0.717) is 36.8 Å². The average Bonchev–Trinajstić information content (AvgIpc) is 3.71. The molecule has 1 fully saturated rings. The number of nitrogens with two attached hydrogens (primary N) is 1. The number of primary sulfonamides is 1. The van der Waals surface area contributed by atoms with Gasteiger partial charge in [0.15, 0.2) is 9.84 Å². The van der Waals surface area contributed by atoms with E-state index >= 15 is 0 Å². The Morgan fingerprint density at radius 3 is 2.22 bits per heavy atom. The van der Waals surface area contributed by atoms with Gasteiger partial charge in [-0.1, -0.05) is 12.1 Å². The minimum atomic E-state index is -3.77. The van der Waals surface area contributed by atoms with E-state index < -0.39 is 19.9 Å². The molecule has 196 valence electrons. The molecule has 0 bridgehead atoms. The fourth-order valence-electron chi connectivity index (χ4n) is 3.45. The molecule has 1 aromatic heterocycles. The van der Waals surface area contributed by atoms with Crippen molar-refractivity contribution in [1.29, 1.82) is 0 Å². The van der Waals surface area contributed by atoms with Gasteiger partial charge in [-0.05, 0) is 61.7 Å². The highest BCUT2D eigenvalue weighted by Crippen LogP contribution is 2.29. The summed E-state index contributed by atoms with van der Waals surface area (Å²) < 4.78 is 46.7. The number of sulfonamides is 1. The summed E-state index contributed by atoms with van der Waals surface area (Å²) in [7, 11) is -6.91. The molecule has 0 unspecified atom stereocenters. The number of amides is 1. The predicted octanol–water partition coefficient (Wildman–Crippen LogP) is 2.50. The first-order chi connectivity index (χ1) is 17.5. The first-order valence-corrected chi connectivity index (χ1v) is 14.8. The molecule has 0 saturated heterocycles. The van der Waals surface area contributed by atoms with Crippen LogP contribution in [-0.2, 0) is 31.2 Å². The quantitative estimate of drug-likeness (QED) is 0.283. The number of aryl methyl sites for hydroxylation is 1. The Hall–Kier alpha value is -3.55. The molecule has 1 heterocycles. The third kappa shape index (κ3) is 7.47. The summed E-state index contributed by atoms with van der Waals surface area (Å²) in [6, 6.07) is 13.3. The topological polar surface area (TPSA) is 173 Å². The summed E-state index contributed by atoms with van der Waals surface area (Å²) in [5.74, 6) is 0.501. The van der Waals surface area contributed by atoms with Crippen molar-refractivity contribution in [3.63, 3.8) is 0 Å². The number of rotatable bonds is 11. The van der Waals surface area contributed by atoms with E-state index in [1.165, 1.54) is 12.1 Å². The summed E-state index contributed by atoms with van der Waals surface area (Å²) in [6.07, 6.45) is 3.03. The number of carbonyl (C=O) groups is 1. The normalized spacial score (nSPS) is 13.7. The van der Waals surface area contributed by atoms with Gasteiger partial charge < -0.3 is 16.0 Å². The van der Waals surface area contributed by atoms with Gasteiger partial charge in [-0.2, -0.15) is 4.98 Å². The van der Waals surface area contributed by atoms with Crippen molar-refractivity contribution < 1.29 is 21.6 Å². The molecule has 5 N–H and O–H groups in total. The van der Waals surface area contributed by atoms with Crippen LogP contribution in [0.4, 0.5) is 23.1 Å². The van der Waals surface area contributed by atoms with Crippen LogP contribution in [0.25, 0.3) is 0 Å². The molecule has 37 heavy (non-hydrogen) atoms. The molecule has 1 amide bonds. The second-order valence-electron chi connectivity index (χ2n) is 8.83. The van der Waals surface area contributed by atoms with Crippen LogP contribution in [0.5, 0.6) is 0 Å². The Morgan fingerprint density at radius 1 is 0.973 bits per heavy atom. The van der Waals surface area contributed by atoms with E-state index in [1.54, 1.807) is 18.3 Å². The minimum absolute atomic E-state index is 0.00904. The molecule has 13 heteroatoms. The molecule has 11 nitrogen and oxygen atoms in total. The Morgan fingerprint density at radius 2 is 1.59 bits per heavy atom. The molecule has 2 aromatic carbocycles. The van der Waals surface area contributed by atoms with Gasteiger partial charge in [0.2, 0.25) is 21.9 Å². The van der Waals surface area contributed by atoms with E-state index in [4.69, 9.17) is 5.14 Å². The van der Waals surface area contributed by atoms with Gasteiger partial charge in [0.1, 0.15) is 5.82 Å². The van der Waals surface area contributed by atoms with Crippen molar-refractivity contribution in [1.82, 2.24) is 15.3 Å². The van der Waals surface area contributed by atoms with Crippen LogP contribution in [0.3, 0.4) is 0 Å². The van der Waals surface area contributed by atoms with Gasteiger partial charge in [0, 0.05) is 36.1 Å². The molecular formula is C24H28N6O5S2. The maximum Gasteiger partial charge on any atom is 0.238 e. The Labute approximate surface area is 215 Å². The second kappa shape index (κ2) is 10.8. The van der Waals surface area contributed by atoms with Crippen molar-refractivity contribution >= 4 is 48.9 Å². The molecule has 0 spiro atoms. The summed E-state index contributed by atoms with van der Waals surface area (Å²) in [5, 5.41) is 13.9. The number of nitrogens with zero attached hydrogens (tertiary/aromatic N) is 2. The van der Waals surface area contributed by atoms with Crippen molar-refractivity contribution in [2.24, 2.45) is 5.14 Å². The second-order valence-corrected chi connectivity index (χ2v) is 12.8. The molecule has 0 radical (unpaired) electrons. The third-order valence-electron chi connectivity index (χ3n) is 5.76. The minimum Gasteiger partial charge on any atom is -0.352 e. The summed E-state index contributed by atoms with van der Waals surface area (Å²) >= 11 is 0. The fourth-order valence-corrected chi connectivity index (χ4v) is 5.62. The first-order valence-electron chi connectivity index (χ1n) is 11.6.